The number of carboxylic acids is 1. The van der Waals surface area contributed by atoms with Crippen molar-refractivity contribution in [2.75, 3.05) is 0 Å². The Labute approximate surface area is 137 Å². The minimum absolute atomic E-state index is 0.0437. The van der Waals surface area contributed by atoms with Crippen molar-refractivity contribution < 1.29 is 19.5 Å². The minimum Gasteiger partial charge on any atom is -0.480 e. The monoisotopic (exact) mass is 370 g/mol. The summed E-state index contributed by atoms with van der Waals surface area (Å²) in [4.78, 5) is 34.4. The number of halogens is 1. The summed E-state index contributed by atoms with van der Waals surface area (Å²) in [6.07, 6.45) is -0.0437. The number of aliphatic carboxylic acids is 1. The van der Waals surface area contributed by atoms with E-state index in [9.17, 15) is 14.4 Å². The molecular formula is C15H19BrN2O4. The number of amides is 2. The van der Waals surface area contributed by atoms with Gasteiger partial charge in [0, 0.05) is 11.4 Å². The quantitative estimate of drug-likeness (QED) is 0.713. The second-order valence-corrected chi connectivity index (χ2v) is 6.40. The normalized spacial score (nSPS) is 12.4. The molecule has 0 saturated carbocycles. The summed E-state index contributed by atoms with van der Waals surface area (Å²) in [6, 6.07) is 6.68. The topological polar surface area (TPSA) is 95.5 Å². The third-order valence-electron chi connectivity index (χ3n) is 3.03. The van der Waals surface area contributed by atoms with Gasteiger partial charge in [-0.25, -0.2) is 4.79 Å². The van der Waals surface area contributed by atoms with Crippen LogP contribution in [-0.2, 0) is 14.4 Å². The molecule has 0 aromatic heterocycles. The lowest BCUT2D eigenvalue weighted by molar-refractivity contribution is -0.146. The van der Waals surface area contributed by atoms with Crippen molar-refractivity contribution >= 4 is 33.7 Å². The van der Waals surface area contributed by atoms with Crippen LogP contribution in [0.5, 0.6) is 0 Å². The van der Waals surface area contributed by atoms with E-state index in [0.29, 0.717) is 0 Å². The number of carbonyl (C=O) groups excluding carboxylic acids is 2. The summed E-state index contributed by atoms with van der Waals surface area (Å²) in [5.41, 5.74) is -0.598. The molecule has 1 rings (SSSR count). The maximum absolute atomic E-state index is 12.1. The Balaban J connectivity index is 2.85. The van der Waals surface area contributed by atoms with Crippen molar-refractivity contribution in [2.45, 2.75) is 38.8 Å². The number of carboxylic acid groups (broad SMARTS) is 1. The molecular weight excluding hydrogens is 352 g/mol. The Morgan fingerprint density at radius 1 is 1.23 bits per heavy atom. The highest BCUT2D eigenvalue weighted by Gasteiger charge is 2.30. The number of rotatable bonds is 6. The Hall–Kier alpha value is -1.89. The van der Waals surface area contributed by atoms with Gasteiger partial charge in [0.25, 0.3) is 0 Å². The van der Waals surface area contributed by atoms with Gasteiger partial charge in [-0.3, -0.25) is 9.59 Å². The van der Waals surface area contributed by atoms with Gasteiger partial charge in [0.2, 0.25) is 11.8 Å². The number of hydrogen-bond acceptors (Lipinski definition) is 3. The van der Waals surface area contributed by atoms with Gasteiger partial charge in [0.05, 0.1) is 12.5 Å². The van der Waals surface area contributed by atoms with Crippen molar-refractivity contribution in [3.63, 3.8) is 0 Å². The molecule has 120 valence electrons. The fourth-order valence-electron chi connectivity index (χ4n) is 1.83. The molecule has 0 aliphatic carbocycles. The largest absolute Gasteiger partial charge is 0.480 e. The lowest BCUT2D eigenvalue weighted by Gasteiger charge is -2.24. The van der Waals surface area contributed by atoms with Crippen LogP contribution in [0, 0.1) is 0 Å². The van der Waals surface area contributed by atoms with Crippen molar-refractivity contribution in [3.8, 4) is 0 Å². The van der Waals surface area contributed by atoms with Crippen LogP contribution >= 0.6 is 15.9 Å². The highest BCUT2D eigenvalue weighted by Crippen LogP contribution is 2.20. The van der Waals surface area contributed by atoms with Gasteiger partial charge in [-0.05, 0) is 31.5 Å². The Morgan fingerprint density at radius 3 is 2.23 bits per heavy atom. The van der Waals surface area contributed by atoms with E-state index in [0.717, 1.165) is 10.0 Å². The maximum atomic E-state index is 12.1. The average Bonchev–Trinajstić information content (AvgIpc) is 2.37. The van der Waals surface area contributed by atoms with Crippen molar-refractivity contribution in [2.24, 2.45) is 0 Å². The zero-order chi connectivity index (χ0) is 16.9. The van der Waals surface area contributed by atoms with Gasteiger partial charge in [0.1, 0.15) is 5.54 Å². The van der Waals surface area contributed by atoms with Crippen molar-refractivity contribution in [1.82, 2.24) is 10.6 Å². The average molecular weight is 371 g/mol. The van der Waals surface area contributed by atoms with Gasteiger partial charge in [0.15, 0.2) is 0 Å². The van der Waals surface area contributed by atoms with Crippen LogP contribution in [0.2, 0.25) is 0 Å². The van der Waals surface area contributed by atoms with Gasteiger partial charge >= 0.3 is 5.97 Å². The molecule has 0 aliphatic heterocycles. The second kappa shape index (κ2) is 7.40. The summed E-state index contributed by atoms with van der Waals surface area (Å²) >= 11 is 3.32. The summed E-state index contributed by atoms with van der Waals surface area (Å²) in [5, 5.41) is 14.2. The minimum atomic E-state index is -1.36. The van der Waals surface area contributed by atoms with E-state index in [1.165, 1.54) is 20.8 Å². The first-order valence-corrected chi connectivity index (χ1v) is 7.48. The van der Waals surface area contributed by atoms with Crippen LogP contribution in [0.25, 0.3) is 0 Å². The second-order valence-electron chi connectivity index (χ2n) is 5.49. The number of benzene rings is 1. The summed E-state index contributed by atoms with van der Waals surface area (Å²) in [7, 11) is 0. The van der Waals surface area contributed by atoms with Crippen molar-refractivity contribution in [3.05, 3.63) is 34.3 Å². The van der Waals surface area contributed by atoms with Crippen LogP contribution in [0.4, 0.5) is 0 Å². The zero-order valence-corrected chi connectivity index (χ0v) is 14.2. The molecule has 1 aromatic rings. The SMILES string of the molecule is CC(=O)NC(CC(=O)NC(C)(C)C(=O)O)c1ccc(Br)cc1. The molecule has 0 bridgehead atoms. The summed E-state index contributed by atoms with van der Waals surface area (Å²) in [6.45, 7) is 4.17. The van der Waals surface area contributed by atoms with Crippen LogP contribution in [0.3, 0.4) is 0 Å². The molecule has 0 spiro atoms. The van der Waals surface area contributed by atoms with Crippen LogP contribution in [-0.4, -0.2) is 28.4 Å². The number of hydrogen-bond donors (Lipinski definition) is 3. The Kier molecular flexibility index (Phi) is 6.11. The molecule has 1 unspecified atom stereocenters. The van der Waals surface area contributed by atoms with Crippen molar-refractivity contribution in [1.29, 1.82) is 0 Å². The van der Waals surface area contributed by atoms with Crippen LogP contribution < -0.4 is 10.6 Å². The highest BCUT2D eigenvalue weighted by atomic mass is 79.9. The van der Waals surface area contributed by atoms with Crippen LogP contribution in [0.15, 0.2) is 28.7 Å². The molecule has 7 heteroatoms. The number of carbonyl (C=O) groups is 3. The maximum Gasteiger partial charge on any atom is 0.328 e. The standard InChI is InChI=1S/C15H19BrN2O4/c1-9(19)17-12(10-4-6-11(16)7-5-10)8-13(20)18-15(2,3)14(21)22/h4-7,12H,8H2,1-3H3,(H,17,19)(H,18,20)(H,21,22). The number of nitrogens with one attached hydrogen (secondary N) is 2. The molecule has 1 aromatic carbocycles. The lowest BCUT2D eigenvalue weighted by atomic mass is 10.0. The molecule has 0 aliphatic rings. The molecule has 3 N–H and O–H groups in total. The fourth-order valence-corrected chi connectivity index (χ4v) is 2.10. The van der Waals surface area contributed by atoms with E-state index >= 15 is 0 Å². The van der Waals surface area contributed by atoms with E-state index < -0.39 is 23.5 Å². The molecule has 1 atom stereocenters. The van der Waals surface area contributed by atoms with Gasteiger partial charge < -0.3 is 15.7 Å². The van der Waals surface area contributed by atoms with Gasteiger partial charge in [-0.15, -0.1) is 0 Å². The van der Waals surface area contributed by atoms with E-state index in [4.69, 9.17) is 5.11 Å². The first-order valence-electron chi connectivity index (χ1n) is 6.69. The fraction of sp³-hybridized carbons (Fsp3) is 0.400. The third kappa shape index (κ3) is 5.48. The smallest absolute Gasteiger partial charge is 0.328 e. The van der Waals surface area contributed by atoms with Crippen LogP contribution in [0.1, 0.15) is 38.8 Å². The zero-order valence-electron chi connectivity index (χ0n) is 12.6. The predicted octanol–water partition coefficient (Wildman–Crippen LogP) is 2.00. The van der Waals surface area contributed by atoms with E-state index in [1.807, 2.05) is 12.1 Å². The molecule has 0 heterocycles. The molecule has 0 fully saturated rings. The third-order valence-corrected chi connectivity index (χ3v) is 3.55. The first-order chi connectivity index (χ1) is 10.1. The lowest BCUT2D eigenvalue weighted by Crippen LogP contribution is -2.50. The van der Waals surface area contributed by atoms with E-state index in [-0.39, 0.29) is 12.3 Å². The first kappa shape index (κ1) is 18.2. The van der Waals surface area contributed by atoms with Gasteiger partial charge in [-0.1, -0.05) is 28.1 Å². The Morgan fingerprint density at radius 2 is 1.77 bits per heavy atom. The molecule has 0 saturated heterocycles. The molecule has 6 nitrogen and oxygen atoms in total. The molecule has 0 radical (unpaired) electrons. The summed E-state index contributed by atoms with van der Waals surface area (Å²) in [5.74, 6) is -1.84. The molecule has 22 heavy (non-hydrogen) atoms. The van der Waals surface area contributed by atoms with Gasteiger partial charge in [-0.2, -0.15) is 0 Å². The summed E-state index contributed by atoms with van der Waals surface area (Å²) < 4.78 is 0.884. The Bertz CT molecular complexity index is 569. The molecule has 2 amide bonds. The van der Waals surface area contributed by atoms with E-state index in [2.05, 4.69) is 26.6 Å². The van der Waals surface area contributed by atoms with E-state index in [1.54, 1.807) is 12.1 Å². The highest BCUT2D eigenvalue weighted by molar-refractivity contribution is 9.10. The predicted molar refractivity (Wildman–Crippen MR) is 85.2 cm³/mol.